The molecular formula is C5H11NaO2S2. The second-order valence-electron chi connectivity index (χ2n) is 1.42. The maximum absolute atomic E-state index is 10.5. The third-order valence-electron chi connectivity index (χ3n) is 0.670. The quantitative estimate of drug-likeness (QED) is 0.374. The van der Waals surface area contributed by atoms with Gasteiger partial charge in [-0.25, -0.2) is 0 Å². The number of hydrogen-bond donors (Lipinski definition) is 2. The van der Waals surface area contributed by atoms with E-state index in [-0.39, 0.29) is 35.5 Å². The Bertz CT molecular complexity index is 89.7. The molecule has 56 valence electrons. The zero-order valence-electron chi connectivity index (χ0n) is 5.04. The van der Waals surface area contributed by atoms with Crippen molar-refractivity contribution >= 4 is 60.8 Å². The molecule has 0 aliphatic heterocycles. The summed E-state index contributed by atoms with van der Waals surface area (Å²) in [5.41, 5.74) is 0. The molecule has 0 saturated heterocycles. The Labute approximate surface area is 94.2 Å². The van der Waals surface area contributed by atoms with E-state index in [1.807, 2.05) is 0 Å². The fourth-order valence-corrected chi connectivity index (χ4v) is 0.597. The molecule has 0 N–H and O–H groups in total. The summed E-state index contributed by atoms with van der Waals surface area (Å²) in [6.07, 6.45) is 0.386. The summed E-state index contributed by atoms with van der Waals surface area (Å²) < 4.78 is 4.67. The third-order valence-corrected chi connectivity index (χ3v) is 1.08. The Hall–Kier alpha value is 1.17. The molecule has 0 aliphatic rings. The van der Waals surface area contributed by atoms with E-state index < -0.39 is 0 Å². The van der Waals surface area contributed by atoms with E-state index in [0.29, 0.717) is 24.5 Å². The molecule has 0 amide bonds. The first-order valence-electron chi connectivity index (χ1n) is 2.68. The molecule has 0 radical (unpaired) electrons. The first kappa shape index (κ1) is 13.7. The summed E-state index contributed by atoms with van der Waals surface area (Å²) in [7, 11) is 0. The van der Waals surface area contributed by atoms with Gasteiger partial charge in [-0.2, -0.15) is 25.3 Å². The first-order chi connectivity index (χ1) is 4.31. The molecule has 0 saturated carbocycles. The van der Waals surface area contributed by atoms with Crippen molar-refractivity contribution in [3.05, 3.63) is 0 Å². The minimum atomic E-state index is -0.195. The van der Waals surface area contributed by atoms with E-state index in [1.54, 1.807) is 0 Å². The molecule has 0 spiro atoms. The predicted molar refractivity (Wildman–Crippen MR) is 50.4 cm³/mol. The van der Waals surface area contributed by atoms with Crippen LogP contribution in [0.3, 0.4) is 0 Å². The summed E-state index contributed by atoms with van der Waals surface area (Å²) in [6, 6.07) is 0. The van der Waals surface area contributed by atoms with Gasteiger partial charge < -0.3 is 4.74 Å². The van der Waals surface area contributed by atoms with E-state index in [2.05, 4.69) is 30.0 Å². The van der Waals surface area contributed by atoms with E-state index >= 15 is 0 Å². The molecule has 0 aromatic heterocycles. The number of hydrogen-bond acceptors (Lipinski definition) is 4. The van der Waals surface area contributed by atoms with Gasteiger partial charge in [0.25, 0.3) is 0 Å². The molecule has 0 atom stereocenters. The van der Waals surface area contributed by atoms with Crippen LogP contribution in [0.4, 0.5) is 0 Å². The van der Waals surface area contributed by atoms with Crippen LogP contribution >= 0.6 is 25.3 Å². The molecule has 0 heterocycles. The van der Waals surface area contributed by atoms with Gasteiger partial charge >= 0.3 is 35.5 Å². The number of rotatable bonds is 4. The normalized spacial score (nSPS) is 8.20. The molecule has 2 nitrogen and oxygen atoms in total. The van der Waals surface area contributed by atoms with Gasteiger partial charge in [-0.3, -0.25) is 4.79 Å². The van der Waals surface area contributed by atoms with Crippen molar-refractivity contribution in [2.45, 2.75) is 6.42 Å². The van der Waals surface area contributed by atoms with E-state index in [0.717, 1.165) is 0 Å². The molecule has 0 aromatic rings. The topological polar surface area (TPSA) is 26.3 Å². The number of ether oxygens (including phenoxy) is 1. The summed E-state index contributed by atoms with van der Waals surface area (Å²) >= 11 is 7.73. The van der Waals surface area contributed by atoms with Crippen LogP contribution in [-0.2, 0) is 9.53 Å². The molecule has 0 bridgehead atoms. The zero-order chi connectivity index (χ0) is 7.11. The van der Waals surface area contributed by atoms with Gasteiger partial charge in [0.15, 0.2) is 0 Å². The van der Waals surface area contributed by atoms with Crippen molar-refractivity contribution in [3.8, 4) is 0 Å². The summed E-state index contributed by atoms with van der Waals surface area (Å²) in [4.78, 5) is 10.5. The number of thiol groups is 2. The van der Waals surface area contributed by atoms with Crippen LogP contribution in [0.1, 0.15) is 6.42 Å². The molecule has 5 heteroatoms. The van der Waals surface area contributed by atoms with Crippen molar-refractivity contribution in [2.75, 3.05) is 18.1 Å². The van der Waals surface area contributed by atoms with Gasteiger partial charge in [-0.1, -0.05) is 0 Å². The van der Waals surface area contributed by atoms with Crippen LogP contribution in [-0.4, -0.2) is 53.6 Å². The number of carbonyl (C=O) groups excluding carboxylic acids is 1. The van der Waals surface area contributed by atoms with Gasteiger partial charge in [-0.05, 0) is 0 Å². The Morgan fingerprint density at radius 3 is 2.30 bits per heavy atom. The fourth-order valence-electron chi connectivity index (χ4n) is 0.323. The van der Waals surface area contributed by atoms with Crippen LogP contribution in [0.15, 0.2) is 0 Å². The number of carbonyl (C=O) groups is 1. The number of esters is 1. The van der Waals surface area contributed by atoms with Crippen molar-refractivity contribution in [1.82, 2.24) is 0 Å². The molecule has 0 aliphatic carbocycles. The average Bonchev–Trinajstić information content (AvgIpc) is 1.85. The Balaban J connectivity index is 0. The fraction of sp³-hybridized carbons (Fsp3) is 0.800. The minimum absolute atomic E-state index is 0. The molecular weight excluding hydrogens is 179 g/mol. The van der Waals surface area contributed by atoms with Crippen LogP contribution in [0.2, 0.25) is 0 Å². The Kier molecular flexibility index (Phi) is 14.0. The second kappa shape index (κ2) is 10.2. The van der Waals surface area contributed by atoms with Crippen molar-refractivity contribution in [2.24, 2.45) is 0 Å². The van der Waals surface area contributed by atoms with Crippen LogP contribution in [0, 0.1) is 0 Å². The van der Waals surface area contributed by atoms with Crippen LogP contribution < -0.4 is 0 Å². The Morgan fingerprint density at radius 1 is 1.30 bits per heavy atom. The molecule has 0 fully saturated rings. The molecule has 0 aromatic carbocycles. The van der Waals surface area contributed by atoms with Gasteiger partial charge in [-0.15, -0.1) is 0 Å². The zero-order valence-corrected chi connectivity index (χ0v) is 6.83. The second-order valence-corrected chi connectivity index (χ2v) is 2.31. The third kappa shape index (κ3) is 9.17. The van der Waals surface area contributed by atoms with Crippen LogP contribution in [0.25, 0.3) is 0 Å². The van der Waals surface area contributed by atoms with E-state index in [9.17, 15) is 4.79 Å². The monoisotopic (exact) mass is 190 g/mol. The van der Waals surface area contributed by atoms with Gasteiger partial charge in [0.1, 0.15) is 6.61 Å². The van der Waals surface area contributed by atoms with E-state index in [4.69, 9.17) is 0 Å². The Morgan fingerprint density at radius 2 is 1.90 bits per heavy atom. The van der Waals surface area contributed by atoms with Crippen LogP contribution in [0.5, 0.6) is 0 Å². The standard InChI is InChI=1S/C5H10O2S2.Na.H/c6-5(1-3-8)7-2-4-9;;/h8-9H,1-4H2;;. The van der Waals surface area contributed by atoms with Gasteiger partial charge in [0.05, 0.1) is 6.42 Å². The first-order valence-corrected chi connectivity index (χ1v) is 3.95. The average molecular weight is 190 g/mol. The van der Waals surface area contributed by atoms with Crippen molar-refractivity contribution < 1.29 is 9.53 Å². The summed E-state index contributed by atoms with van der Waals surface area (Å²) in [6.45, 7) is 0.399. The summed E-state index contributed by atoms with van der Waals surface area (Å²) in [5, 5.41) is 0. The predicted octanol–water partition coefficient (Wildman–Crippen LogP) is 0.131. The van der Waals surface area contributed by atoms with Gasteiger partial charge in [0.2, 0.25) is 0 Å². The van der Waals surface area contributed by atoms with E-state index in [1.165, 1.54) is 0 Å². The van der Waals surface area contributed by atoms with Crippen molar-refractivity contribution in [1.29, 1.82) is 0 Å². The van der Waals surface area contributed by atoms with Crippen molar-refractivity contribution in [3.63, 3.8) is 0 Å². The summed E-state index contributed by atoms with van der Waals surface area (Å²) in [5.74, 6) is 0.933. The SMILES string of the molecule is O=C(CCS)OCCS.[NaH]. The molecule has 0 rings (SSSR count). The molecule has 10 heavy (non-hydrogen) atoms. The maximum atomic E-state index is 10.5. The molecule has 0 unspecified atom stereocenters. The van der Waals surface area contributed by atoms with Gasteiger partial charge in [0, 0.05) is 11.5 Å².